The van der Waals surface area contributed by atoms with Crippen molar-refractivity contribution in [2.75, 3.05) is 0 Å². The highest BCUT2D eigenvalue weighted by atomic mass is 16.4. The fraction of sp³-hybridized carbons (Fsp3) is 0.462. The largest absolute Gasteiger partial charge is 0.481 e. The van der Waals surface area contributed by atoms with Gasteiger partial charge in [-0.2, -0.15) is 0 Å². The van der Waals surface area contributed by atoms with Crippen molar-refractivity contribution in [1.29, 1.82) is 0 Å². The lowest BCUT2D eigenvalue weighted by Crippen LogP contribution is -2.40. The average molecular weight is 263 g/mol. The van der Waals surface area contributed by atoms with E-state index in [9.17, 15) is 9.59 Å². The summed E-state index contributed by atoms with van der Waals surface area (Å²) in [6, 6.07) is 2.93. The zero-order valence-corrected chi connectivity index (χ0v) is 10.5. The van der Waals surface area contributed by atoms with Gasteiger partial charge in [0.05, 0.1) is 11.6 Å². The molecule has 6 heteroatoms. The normalized spacial score (nSPS) is 22.2. The fourth-order valence-corrected chi connectivity index (χ4v) is 2.41. The number of aliphatic carboxylic acids is 1. The Bertz CT molecular complexity index is 490. The third kappa shape index (κ3) is 3.08. The van der Waals surface area contributed by atoms with Crippen LogP contribution in [-0.2, 0) is 11.3 Å². The summed E-state index contributed by atoms with van der Waals surface area (Å²) in [7, 11) is 0. The zero-order chi connectivity index (χ0) is 13.8. The van der Waals surface area contributed by atoms with Gasteiger partial charge in [0.2, 0.25) is 0 Å². The standard InChI is InChI=1S/C13H17N3O3/c14-7-9-6-8(4-5-15-9)12(17)16-11-3-1-2-10(11)13(18)19/h4-6,10-11H,1-3,7,14H2,(H,16,17)(H,18,19). The van der Waals surface area contributed by atoms with Crippen LogP contribution in [0.1, 0.15) is 35.3 Å². The van der Waals surface area contributed by atoms with Crippen LogP contribution < -0.4 is 11.1 Å². The number of carboxylic acids is 1. The number of nitrogens with two attached hydrogens (primary N) is 1. The van der Waals surface area contributed by atoms with Crippen molar-refractivity contribution >= 4 is 11.9 Å². The van der Waals surface area contributed by atoms with Crippen molar-refractivity contribution in [3.63, 3.8) is 0 Å². The predicted molar refractivity (Wildman–Crippen MR) is 68.4 cm³/mol. The highest BCUT2D eigenvalue weighted by Crippen LogP contribution is 2.26. The first kappa shape index (κ1) is 13.5. The van der Waals surface area contributed by atoms with Gasteiger partial charge in [0.25, 0.3) is 5.91 Å². The molecule has 1 heterocycles. The maximum Gasteiger partial charge on any atom is 0.308 e. The SMILES string of the molecule is NCc1cc(C(=O)NC2CCCC2C(=O)O)ccn1. The molecule has 102 valence electrons. The molecule has 1 aromatic rings. The molecule has 6 nitrogen and oxygen atoms in total. The van der Waals surface area contributed by atoms with Gasteiger partial charge in [0.15, 0.2) is 0 Å². The highest BCUT2D eigenvalue weighted by molar-refractivity contribution is 5.94. The number of rotatable bonds is 4. The van der Waals surface area contributed by atoms with Crippen LogP contribution in [0.2, 0.25) is 0 Å². The summed E-state index contributed by atoms with van der Waals surface area (Å²) in [5, 5.41) is 11.9. The van der Waals surface area contributed by atoms with Crippen molar-refractivity contribution < 1.29 is 14.7 Å². The molecule has 1 amide bonds. The second-order valence-corrected chi connectivity index (χ2v) is 4.70. The minimum Gasteiger partial charge on any atom is -0.481 e. The first-order valence-corrected chi connectivity index (χ1v) is 6.30. The van der Waals surface area contributed by atoms with E-state index in [0.717, 1.165) is 6.42 Å². The molecule has 0 aliphatic heterocycles. The van der Waals surface area contributed by atoms with Crippen LogP contribution in [0.4, 0.5) is 0 Å². The lowest BCUT2D eigenvalue weighted by atomic mass is 10.0. The van der Waals surface area contributed by atoms with Gasteiger partial charge in [-0.1, -0.05) is 6.42 Å². The topological polar surface area (TPSA) is 105 Å². The van der Waals surface area contributed by atoms with Crippen LogP contribution >= 0.6 is 0 Å². The van der Waals surface area contributed by atoms with Crippen molar-refractivity contribution in [2.45, 2.75) is 31.8 Å². The number of amides is 1. The van der Waals surface area contributed by atoms with Gasteiger partial charge in [-0.3, -0.25) is 14.6 Å². The van der Waals surface area contributed by atoms with Gasteiger partial charge in [0.1, 0.15) is 0 Å². The first-order valence-electron chi connectivity index (χ1n) is 6.30. The second kappa shape index (κ2) is 5.79. The molecule has 0 aromatic carbocycles. The van der Waals surface area contributed by atoms with E-state index in [1.807, 2.05) is 0 Å². The van der Waals surface area contributed by atoms with Crippen LogP contribution in [0.25, 0.3) is 0 Å². The van der Waals surface area contributed by atoms with Gasteiger partial charge in [-0.15, -0.1) is 0 Å². The summed E-state index contributed by atoms with van der Waals surface area (Å²) >= 11 is 0. The fourth-order valence-electron chi connectivity index (χ4n) is 2.41. The molecule has 1 aliphatic carbocycles. The Morgan fingerprint density at radius 2 is 2.26 bits per heavy atom. The van der Waals surface area contributed by atoms with E-state index in [2.05, 4.69) is 10.3 Å². The van der Waals surface area contributed by atoms with Gasteiger partial charge in [-0.05, 0) is 25.0 Å². The summed E-state index contributed by atoms with van der Waals surface area (Å²) in [4.78, 5) is 27.1. The molecule has 1 fully saturated rings. The summed E-state index contributed by atoms with van der Waals surface area (Å²) in [5.74, 6) is -1.60. The van der Waals surface area contributed by atoms with Crippen LogP contribution in [-0.4, -0.2) is 28.0 Å². The molecular weight excluding hydrogens is 246 g/mol. The van der Waals surface area contributed by atoms with Gasteiger partial charge in [-0.25, -0.2) is 0 Å². The summed E-state index contributed by atoms with van der Waals surface area (Å²) in [6.45, 7) is 0.266. The van der Waals surface area contributed by atoms with E-state index in [1.165, 1.54) is 6.20 Å². The monoisotopic (exact) mass is 263 g/mol. The third-order valence-electron chi connectivity index (χ3n) is 3.44. The van der Waals surface area contributed by atoms with E-state index in [4.69, 9.17) is 10.8 Å². The van der Waals surface area contributed by atoms with E-state index in [0.29, 0.717) is 24.1 Å². The summed E-state index contributed by atoms with van der Waals surface area (Å²) in [6.07, 6.45) is 3.68. The lowest BCUT2D eigenvalue weighted by molar-refractivity contribution is -0.142. The Balaban J connectivity index is 2.06. The van der Waals surface area contributed by atoms with E-state index in [1.54, 1.807) is 12.1 Å². The molecule has 2 atom stereocenters. The Morgan fingerprint density at radius 3 is 2.95 bits per heavy atom. The lowest BCUT2D eigenvalue weighted by Gasteiger charge is -2.17. The summed E-state index contributed by atoms with van der Waals surface area (Å²) < 4.78 is 0. The Hall–Kier alpha value is -1.95. The molecule has 0 radical (unpaired) electrons. The number of carbonyl (C=O) groups is 2. The minimum atomic E-state index is -0.847. The maximum atomic E-state index is 12.1. The number of hydrogen-bond donors (Lipinski definition) is 3. The Kier molecular flexibility index (Phi) is 4.11. The summed E-state index contributed by atoms with van der Waals surface area (Å²) in [5.41, 5.74) is 6.57. The molecule has 2 unspecified atom stereocenters. The van der Waals surface area contributed by atoms with Gasteiger partial charge < -0.3 is 16.2 Å². The average Bonchev–Trinajstić information content (AvgIpc) is 2.87. The molecule has 2 rings (SSSR count). The second-order valence-electron chi connectivity index (χ2n) is 4.70. The number of hydrogen-bond acceptors (Lipinski definition) is 4. The van der Waals surface area contributed by atoms with Crippen LogP contribution in [0, 0.1) is 5.92 Å². The van der Waals surface area contributed by atoms with E-state index >= 15 is 0 Å². The number of nitrogens with one attached hydrogen (secondary N) is 1. The Morgan fingerprint density at radius 1 is 1.47 bits per heavy atom. The van der Waals surface area contributed by atoms with Crippen molar-refractivity contribution in [3.05, 3.63) is 29.6 Å². The predicted octanol–water partition coefficient (Wildman–Crippen LogP) is 0.523. The van der Waals surface area contributed by atoms with E-state index < -0.39 is 11.9 Å². The molecule has 0 bridgehead atoms. The smallest absolute Gasteiger partial charge is 0.308 e. The highest BCUT2D eigenvalue weighted by Gasteiger charge is 2.33. The number of aromatic nitrogens is 1. The van der Waals surface area contributed by atoms with Crippen LogP contribution in [0.3, 0.4) is 0 Å². The van der Waals surface area contributed by atoms with Crippen molar-refractivity contribution in [3.8, 4) is 0 Å². The molecular formula is C13H17N3O3. The number of carbonyl (C=O) groups excluding carboxylic acids is 1. The molecule has 1 saturated carbocycles. The maximum absolute atomic E-state index is 12.1. The Labute approximate surface area is 111 Å². The van der Waals surface area contributed by atoms with E-state index in [-0.39, 0.29) is 18.5 Å². The van der Waals surface area contributed by atoms with Crippen molar-refractivity contribution in [1.82, 2.24) is 10.3 Å². The third-order valence-corrected chi connectivity index (χ3v) is 3.44. The van der Waals surface area contributed by atoms with Gasteiger partial charge in [0, 0.05) is 24.3 Å². The number of pyridine rings is 1. The first-order chi connectivity index (χ1) is 9.11. The molecule has 1 aliphatic rings. The van der Waals surface area contributed by atoms with Crippen LogP contribution in [0.15, 0.2) is 18.3 Å². The molecule has 1 aromatic heterocycles. The molecule has 4 N–H and O–H groups in total. The molecule has 19 heavy (non-hydrogen) atoms. The number of carboxylic acid groups (broad SMARTS) is 1. The van der Waals surface area contributed by atoms with Crippen LogP contribution in [0.5, 0.6) is 0 Å². The molecule has 0 saturated heterocycles. The minimum absolute atomic E-state index is 0.266. The van der Waals surface area contributed by atoms with Crippen molar-refractivity contribution in [2.24, 2.45) is 11.7 Å². The van der Waals surface area contributed by atoms with Gasteiger partial charge >= 0.3 is 5.97 Å². The zero-order valence-electron chi connectivity index (χ0n) is 10.5. The number of nitrogens with zero attached hydrogens (tertiary/aromatic N) is 1. The molecule has 0 spiro atoms. The quantitative estimate of drug-likeness (QED) is 0.734.